The van der Waals surface area contributed by atoms with Crippen molar-refractivity contribution in [1.82, 2.24) is 15.2 Å². The fourth-order valence-electron chi connectivity index (χ4n) is 4.38. The van der Waals surface area contributed by atoms with Gasteiger partial charge < -0.3 is 20.6 Å². The molecule has 36 heavy (non-hydrogen) atoms. The molecular weight excluding hydrogens is 480 g/mol. The Morgan fingerprint density at radius 3 is 2.39 bits per heavy atom. The van der Waals surface area contributed by atoms with Crippen LogP contribution in [0.3, 0.4) is 0 Å². The van der Waals surface area contributed by atoms with Gasteiger partial charge in [0.1, 0.15) is 5.82 Å². The van der Waals surface area contributed by atoms with Crippen molar-refractivity contribution in [2.24, 2.45) is 0 Å². The Kier molecular flexibility index (Phi) is 5.82. The van der Waals surface area contributed by atoms with Crippen molar-refractivity contribution in [3.05, 3.63) is 59.0 Å². The second-order valence-electron chi connectivity index (χ2n) is 9.27. The molecule has 1 aliphatic heterocycles. The monoisotopic (exact) mass is 502 g/mol. The zero-order chi connectivity index (χ0) is 25.8. The Bertz CT molecular complexity index is 1380. The summed E-state index contributed by atoms with van der Waals surface area (Å²) in [6, 6.07) is 4.98. The van der Waals surface area contributed by atoms with Crippen molar-refractivity contribution in [1.29, 1.82) is 0 Å². The van der Waals surface area contributed by atoms with Gasteiger partial charge in [0.2, 0.25) is 0 Å². The van der Waals surface area contributed by atoms with E-state index in [1.54, 1.807) is 0 Å². The van der Waals surface area contributed by atoms with E-state index in [1.165, 1.54) is 12.3 Å². The molecule has 0 atom stereocenters. The number of anilines is 1. The molecule has 1 aromatic heterocycles. The lowest BCUT2D eigenvalue weighted by molar-refractivity contribution is -0.137. The second-order valence-corrected chi connectivity index (χ2v) is 9.27. The fourth-order valence-corrected chi connectivity index (χ4v) is 4.38. The van der Waals surface area contributed by atoms with Gasteiger partial charge in [0.15, 0.2) is 0 Å². The molecule has 2 aliphatic rings. The largest absolute Gasteiger partial charge is 0.478 e. The minimum Gasteiger partial charge on any atom is -0.478 e. The highest BCUT2D eigenvalue weighted by atomic mass is 19.4. The van der Waals surface area contributed by atoms with E-state index in [2.05, 4.69) is 15.6 Å². The number of fused-ring (bicyclic) bond motifs is 1. The predicted octanol–water partition coefficient (Wildman–Crippen LogP) is 4.38. The number of likely N-dealkylation sites (N-methyl/N-ethyl adjacent to an activating group) is 1. The fraction of sp³-hybridized carbons (Fsp3) is 0.320. The molecule has 2 fully saturated rings. The highest BCUT2D eigenvalue weighted by molar-refractivity contribution is 6.08. The highest BCUT2D eigenvalue weighted by Crippen LogP contribution is 2.42. The van der Waals surface area contributed by atoms with Crippen molar-refractivity contribution in [2.75, 3.05) is 25.5 Å². The van der Waals surface area contributed by atoms with Gasteiger partial charge >= 0.3 is 12.1 Å². The number of carboxylic acid groups (broad SMARTS) is 1. The van der Waals surface area contributed by atoms with Crippen LogP contribution in [-0.4, -0.2) is 59.1 Å². The number of halogens is 4. The maximum Gasteiger partial charge on any atom is 0.417 e. The second kappa shape index (κ2) is 8.74. The zero-order valence-electron chi connectivity index (χ0n) is 19.1. The van der Waals surface area contributed by atoms with Crippen LogP contribution in [0.1, 0.15) is 39.1 Å². The van der Waals surface area contributed by atoms with Crippen LogP contribution in [0.15, 0.2) is 36.5 Å². The van der Waals surface area contributed by atoms with Crippen molar-refractivity contribution in [2.45, 2.75) is 31.1 Å². The van der Waals surface area contributed by atoms with Gasteiger partial charge in [0.25, 0.3) is 5.91 Å². The lowest BCUT2D eigenvalue weighted by atomic mass is 9.94. The summed E-state index contributed by atoms with van der Waals surface area (Å²) in [5.41, 5.74) is -1.58. The van der Waals surface area contributed by atoms with Crippen molar-refractivity contribution >= 4 is 28.5 Å². The van der Waals surface area contributed by atoms with Crippen LogP contribution in [-0.2, 0) is 6.18 Å². The Hall–Kier alpha value is -3.73. The van der Waals surface area contributed by atoms with Gasteiger partial charge in [0.05, 0.1) is 33.9 Å². The van der Waals surface area contributed by atoms with Crippen LogP contribution in [0, 0.1) is 5.82 Å². The van der Waals surface area contributed by atoms with E-state index in [1.807, 2.05) is 11.9 Å². The summed E-state index contributed by atoms with van der Waals surface area (Å²) < 4.78 is 56.5. The van der Waals surface area contributed by atoms with Gasteiger partial charge in [-0.2, -0.15) is 13.2 Å². The van der Waals surface area contributed by atoms with Crippen LogP contribution in [0.2, 0.25) is 0 Å². The number of carbonyl (C=O) groups excluding carboxylic acids is 1. The number of amides is 1. The zero-order valence-corrected chi connectivity index (χ0v) is 19.1. The van der Waals surface area contributed by atoms with E-state index < -0.39 is 29.1 Å². The molecule has 11 heteroatoms. The average molecular weight is 502 g/mol. The van der Waals surface area contributed by atoms with E-state index in [0.717, 1.165) is 37.1 Å². The molecule has 0 spiro atoms. The maximum atomic E-state index is 14.4. The van der Waals surface area contributed by atoms with Gasteiger partial charge in [-0.15, -0.1) is 0 Å². The Balaban J connectivity index is 1.67. The lowest BCUT2D eigenvalue weighted by Crippen LogP contribution is -2.57. The quantitative estimate of drug-likeness (QED) is 0.434. The number of hydrogen-bond donors (Lipinski definition) is 3. The summed E-state index contributed by atoms with van der Waals surface area (Å²) in [6.45, 7) is 1.38. The number of rotatable bonds is 6. The molecule has 5 rings (SSSR count). The van der Waals surface area contributed by atoms with E-state index >= 15 is 0 Å². The summed E-state index contributed by atoms with van der Waals surface area (Å²) in [7, 11) is 1.92. The number of hydrogen-bond acceptors (Lipinski definition) is 5. The molecule has 1 amide bonds. The minimum atomic E-state index is -4.79. The van der Waals surface area contributed by atoms with Gasteiger partial charge in [-0.3, -0.25) is 9.78 Å². The molecule has 2 heterocycles. The van der Waals surface area contributed by atoms with Gasteiger partial charge in [0, 0.05) is 30.7 Å². The summed E-state index contributed by atoms with van der Waals surface area (Å²) in [5, 5.41) is 15.5. The summed E-state index contributed by atoms with van der Waals surface area (Å²) in [4.78, 5) is 30.4. The van der Waals surface area contributed by atoms with Crippen LogP contribution in [0.4, 0.5) is 23.2 Å². The number of carbonyl (C=O) groups is 2. The minimum absolute atomic E-state index is 0.0248. The standard InChI is InChI=1S/C25H22F4N4O3/c1-33-10-14(11-33)32-23(34)18-9-30-21-8-19(25(27,28)29)16(7-17(21)22(18)31-13-3-4-13)12-2-5-15(24(35)36)20(26)6-12/h2,5-9,13-14H,3-4,10-11H2,1H3,(H,30,31)(H,32,34)(H,35,36). The molecule has 1 saturated carbocycles. The molecule has 1 aliphatic carbocycles. The molecule has 3 aromatic rings. The van der Waals surface area contributed by atoms with Crippen molar-refractivity contribution < 1.29 is 32.3 Å². The first-order valence-electron chi connectivity index (χ1n) is 11.3. The number of aromatic nitrogens is 1. The SMILES string of the molecule is CN1CC(NC(=O)c2cnc3cc(C(F)(F)F)c(-c4ccc(C(=O)O)c(F)c4)cc3c2NC2CC2)C1. The number of benzene rings is 2. The van der Waals surface area contributed by atoms with Crippen LogP contribution in [0.25, 0.3) is 22.0 Å². The third kappa shape index (κ3) is 4.58. The molecule has 1 saturated heterocycles. The number of aromatic carboxylic acids is 1. The number of nitrogens with one attached hydrogen (secondary N) is 2. The molecule has 2 aromatic carbocycles. The summed E-state index contributed by atoms with van der Waals surface area (Å²) >= 11 is 0. The predicted molar refractivity (Wildman–Crippen MR) is 124 cm³/mol. The normalized spacial score (nSPS) is 16.6. The smallest absolute Gasteiger partial charge is 0.417 e. The Morgan fingerprint density at radius 2 is 1.81 bits per heavy atom. The third-order valence-corrected chi connectivity index (χ3v) is 6.39. The van der Waals surface area contributed by atoms with Crippen molar-refractivity contribution in [3.8, 4) is 11.1 Å². The molecular formula is C25H22F4N4O3. The molecule has 7 nitrogen and oxygen atoms in total. The van der Waals surface area contributed by atoms with Gasteiger partial charge in [-0.25, -0.2) is 9.18 Å². The topological polar surface area (TPSA) is 94.6 Å². The van der Waals surface area contributed by atoms with E-state index in [0.29, 0.717) is 18.8 Å². The third-order valence-electron chi connectivity index (χ3n) is 6.39. The number of pyridine rings is 1. The first kappa shape index (κ1) is 24.0. The Morgan fingerprint density at radius 1 is 1.08 bits per heavy atom. The van der Waals surface area contributed by atoms with Crippen LogP contribution in [0.5, 0.6) is 0 Å². The number of nitrogens with zero attached hydrogens (tertiary/aromatic N) is 2. The molecule has 0 radical (unpaired) electrons. The molecule has 0 unspecified atom stereocenters. The molecule has 188 valence electrons. The van der Waals surface area contributed by atoms with Gasteiger partial charge in [-0.1, -0.05) is 6.07 Å². The summed E-state index contributed by atoms with van der Waals surface area (Å²) in [6.07, 6.45) is -1.81. The van der Waals surface area contributed by atoms with Gasteiger partial charge in [-0.05, 0) is 55.3 Å². The van der Waals surface area contributed by atoms with E-state index in [-0.39, 0.29) is 45.6 Å². The maximum absolute atomic E-state index is 14.4. The molecule has 3 N–H and O–H groups in total. The number of carboxylic acids is 1. The first-order valence-corrected chi connectivity index (χ1v) is 11.3. The summed E-state index contributed by atoms with van der Waals surface area (Å²) in [5.74, 6) is -3.06. The number of alkyl halides is 3. The first-order chi connectivity index (χ1) is 17.0. The highest BCUT2D eigenvalue weighted by Gasteiger charge is 2.36. The Labute approximate surface area is 203 Å². The average Bonchev–Trinajstić information content (AvgIpc) is 3.60. The van der Waals surface area contributed by atoms with E-state index in [9.17, 15) is 27.2 Å². The molecule has 0 bridgehead atoms. The lowest BCUT2D eigenvalue weighted by Gasteiger charge is -2.36. The van der Waals surface area contributed by atoms with E-state index in [4.69, 9.17) is 5.11 Å². The van der Waals surface area contributed by atoms with Crippen LogP contribution >= 0.6 is 0 Å². The van der Waals surface area contributed by atoms with Crippen molar-refractivity contribution in [3.63, 3.8) is 0 Å². The number of likely N-dealkylation sites (tertiary alicyclic amines) is 1. The van der Waals surface area contributed by atoms with Crippen LogP contribution < -0.4 is 10.6 Å².